The quantitative estimate of drug-likeness (QED) is 0.476. The number of non-ortho nitro benzene ring substituents is 1. The van der Waals surface area contributed by atoms with Gasteiger partial charge in [0.25, 0.3) is 5.69 Å². The summed E-state index contributed by atoms with van der Waals surface area (Å²) in [5.41, 5.74) is 9.18. The molecular formula is C20H14BrN5O3. The molecule has 4 rings (SSSR count). The van der Waals surface area contributed by atoms with Crippen LogP contribution in [0.3, 0.4) is 0 Å². The second-order valence-corrected chi connectivity index (χ2v) is 7.32. The number of ether oxygens (including phenoxy) is 1. The van der Waals surface area contributed by atoms with E-state index in [1.807, 2.05) is 24.3 Å². The molecule has 1 aromatic heterocycles. The van der Waals surface area contributed by atoms with E-state index in [1.165, 1.54) is 12.1 Å². The minimum absolute atomic E-state index is 0.0778. The summed E-state index contributed by atoms with van der Waals surface area (Å²) in [6, 6.07) is 15.7. The van der Waals surface area contributed by atoms with Crippen molar-refractivity contribution in [1.29, 1.82) is 5.26 Å². The zero-order valence-corrected chi connectivity index (χ0v) is 16.8. The number of nitrogens with two attached hydrogens (primary N) is 1. The molecule has 29 heavy (non-hydrogen) atoms. The van der Waals surface area contributed by atoms with Crippen molar-refractivity contribution >= 4 is 27.2 Å². The van der Waals surface area contributed by atoms with Crippen LogP contribution in [0.25, 0.3) is 11.3 Å². The molecule has 0 aliphatic carbocycles. The molecule has 1 atom stereocenters. The second kappa shape index (κ2) is 7.16. The Balaban J connectivity index is 1.99. The van der Waals surface area contributed by atoms with Crippen molar-refractivity contribution in [3.8, 4) is 17.6 Å². The molecule has 0 spiro atoms. The summed E-state index contributed by atoms with van der Waals surface area (Å²) in [5, 5.41) is 25.5. The molecule has 1 unspecified atom stereocenters. The summed E-state index contributed by atoms with van der Waals surface area (Å²) >= 11 is 3.44. The van der Waals surface area contributed by atoms with Crippen LogP contribution in [-0.4, -0.2) is 20.9 Å². The van der Waals surface area contributed by atoms with Crippen LogP contribution in [0.15, 0.2) is 58.6 Å². The van der Waals surface area contributed by atoms with E-state index in [-0.39, 0.29) is 11.3 Å². The van der Waals surface area contributed by atoms with Crippen LogP contribution in [0.4, 0.5) is 5.69 Å². The van der Waals surface area contributed by atoms with Crippen molar-refractivity contribution in [1.82, 2.24) is 9.78 Å². The molecular weight excluding hydrogens is 438 g/mol. The molecule has 8 nitrogen and oxygen atoms in total. The van der Waals surface area contributed by atoms with Crippen LogP contribution in [0, 0.1) is 28.4 Å². The third-order valence-corrected chi connectivity index (χ3v) is 5.07. The Morgan fingerprint density at radius 3 is 2.76 bits per heavy atom. The van der Waals surface area contributed by atoms with Gasteiger partial charge in [0, 0.05) is 22.2 Å². The lowest BCUT2D eigenvalue weighted by molar-refractivity contribution is -0.384. The van der Waals surface area contributed by atoms with Crippen LogP contribution in [0.2, 0.25) is 0 Å². The SMILES string of the molecule is Cc1nn(-c2cccc(Br)c2)c2c1C(c1cccc([N+](=O)[O-])c1)=C(C#N)C(N)O2. The van der Waals surface area contributed by atoms with Crippen LogP contribution in [-0.2, 0) is 0 Å². The van der Waals surface area contributed by atoms with Gasteiger partial charge in [-0.3, -0.25) is 15.8 Å². The van der Waals surface area contributed by atoms with Gasteiger partial charge in [-0.2, -0.15) is 10.4 Å². The summed E-state index contributed by atoms with van der Waals surface area (Å²) in [6.45, 7) is 1.79. The van der Waals surface area contributed by atoms with Gasteiger partial charge in [0.2, 0.25) is 5.88 Å². The minimum Gasteiger partial charge on any atom is -0.453 e. The molecule has 144 valence electrons. The molecule has 0 saturated heterocycles. The van der Waals surface area contributed by atoms with Crippen molar-refractivity contribution in [2.24, 2.45) is 5.73 Å². The minimum atomic E-state index is -1.02. The lowest BCUT2D eigenvalue weighted by Gasteiger charge is -2.24. The number of fused-ring (bicyclic) bond motifs is 1. The van der Waals surface area contributed by atoms with Crippen molar-refractivity contribution in [3.05, 3.63) is 85.5 Å². The van der Waals surface area contributed by atoms with Gasteiger partial charge in [0.15, 0.2) is 6.23 Å². The number of halogens is 1. The van der Waals surface area contributed by atoms with Crippen LogP contribution < -0.4 is 10.5 Å². The highest BCUT2D eigenvalue weighted by atomic mass is 79.9. The number of hydrogen-bond donors (Lipinski definition) is 1. The summed E-state index contributed by atoms with van der Waals surface area (Å²) in [5.74, 6) is 0.383. The third-order valence-electron chi connectivity index (χ3n) is 4.58. The first-order valence-electron chi connectivity index (χ1n) is 8.58. The zero-order valence-electron chi connectivity index (χ0n) is 15.2. The Bertz CT molecular complexity index is 1230. The average molecular weight is 452 g/mol. The van der Waals surface area contributed by atoms with E-state index in [0.29, 0.717) is 28.3 Å². The molecule has 3 aromatic rings. The first-order valence-corrected chi connectivity index (χ1v) is 9.37. The Hall–Kier alpha value is -3.48. The van der Waals surface area contributed by atoms with Crippen LogP contribution in [0.5, 0.6) is 5.88 Å². The molecule has 2 N–H and O–H groups in total. The molecule has 2 heterocycles. The van der Waals surface area contributed by atoms with Crippen molar-refractivity contribution in [3.63, 3.8) is 0 Å². The van der Waals surface area contributed by atoms with Crippen LogP contribution in [0.1, 0.15) is 16.8 Å². The highest BCUT2D eigenvalue weighted by Crippen LogP contribution is 2.42. The smallest absolute Gasteiger partial charge is 0.270 e. The van der Waals surface area contributed by atoms with E-state index in [9.17, 15) is 15.4 Å². The van der Waals surface area contributed by atoms with Gasteiger partial charge in [-0.15, -0.1) is 0 Å². The fourth-order valence-electron chi connectivity index (χ4n) is 3.34. The molecule has 0 radical (unpaired) electrons. The number of hydrogen-bond acceptors (Lipinski definition) is 6. The molecule has 2 aromatic carbocycles. The van der Waals surface area contributed by atoms with Crippen LogP contribution >= 0.6 is 15.9 Å². The standard InChI is InChI=1S/C20H14BrN5O3/c1-11-17-18(12-4-2-7-15(8-12)26(27)28)16(10-22)19(23)29-20(17)25(24-11)14-6-3-5-13(21)9-14/h2-9,19H,23H2,1H3. The van der Waals surface area contributed by atoms with E-state index in [0.717, 1.165) is 10.2 Å². The number of nitro groups is 1. The van der Waals surface area contributed by atoms with Gasteiger partial charge in [-0.25, -0.2) is 4.68 Å². The number of benzene rings is 2. The van der Waals surface area contributed by atoms with E-state index < -0.39 is 11.2 Å². The Morgan fingerprint density at radius 2 is 2.07 bits per heavy atom. The molecule has 0 bridgehead atoms. The normalized spacial score (nSPS) is 15.4. The van der Waals surface area contributed by atoms with E-state index in [2.05, 4.69) is 27.1 Å². The van der Waals surface area contributed by atoms with E-state index in [4.69, 9.17) is 10.5 Å². The molecule has 1 aliphatic heterocycles. The summed E-state index contributed by atoms with van der Waals surface area (Å²) in [7, 11) is 0. The Labute approximate surface area is 174 Å². The number of nitro benzene ring substituents is 1. The molecule has 0 fully saturated rings. The fraction of sp³-hybridized carbons (Fsp3) is 0.100. The first-order chi connectivity index (χ1) is 13.9. The van der Waals surface area contributed by atoms with Gasteiger partial charge in [-0.05, 0) is 30.7 Å². The van der Waals surface area contributed by atoms with Gasteiger partial charge in [-0.1, -0.05) is 34.1 Å². The molecule has 1 aliphatic rings. The zero-order chi connectivity index (χ0) is 20.7. The average Bonchev–Trinajstić information content (AvgIpc) is 3.03. The largest absolute Gasteiger partial charge is 0.453 e. The Kier molecular flexibility index (Phi) is 4.66. The summed E-state index contributed by atoms with van der Waals surface area (Å²) < 4.78 is 8.34. The Morgan fingerprint density at radius 1 is 1.31 bits per heavy atom. The van der Waals surface area contributed by atoms with E-state index >= 15 is 0 Å². The van der Waals surface area contributed by atoms with E-state index in [1.54, 1.807) is 23.7 Å². The number of rotatable bonds is 3. The first kappa shape index (κ1) is 18.9. The summed E-state index contributed by atoms with van der Waals surface area (Å²) in [6.07, 6.45) is -1.02. The monoisotopic (exact) mass is 451 g/mol. The predicted molar refractivity (Wildman–Crippen MR) is 109 cm³/mol. The van der Waals surface area contributed by atoms with Crippen molar-refractivity contribution in [2.45, 2.75) is 13.2 Å². The topological polar surface area (TPSA) is 120 Å². The van der Waals surface area contributed by atoms with Gasteiger partial charge in [0.05, 0.1) is 27.4 Å². The fourth-order valence-corrected chi connectivity index (χ4v) is 3.72. The molecule has 0 amide bonds. The number of nitrogens with zero attached hydrogens (tertiary/aromatic N) is 4. The maximum Gasteiger partial charge on any atom is 0.270 e. The van der Waals surface area contributed by atoms with Gasteiger partial charge >= 0.3 is 0 Å². The second-order valence-electron chi connectivity index (χ2n) is 6.40. The lowest BCUT2D eigenvalue weighted by Crippen LogP contribution is -2.33. The van der Waals surface area contributed by atoms with Gasteiger partial charge in [0.1, 0.15) is 6.07 Å². The maximum absolute atomic E-state index is 11.2. The highest BCUT2D eigenvalue weighted by molar-refractivity contribution is 9.10. The lowest BCUT2D eigenvalue weighted by atomic mass is 9.91. The van der Waals surface area contributed by atoms with Crippen molar-refractivity contribution < 1.29 is 9.66 Å². The summed E-state index contributed by atoms with van der Waals surface area (Å²) in [4.78, 5) is 10.8. The van der Waals surface area contributed by atoms with Gasteiger partial charge < -0.3 is 4.74 Å². The van der Waals surface area contributed by atoms with Crippen molar-refractivity contribution in [2.75, 3.05) is 0 Å². The third kappa shape index (κ3) is 3.18. The number of nitriles is 1. The molecule has 0 saturated carbocycles. The number of aryl methyl sites for hydroxylation is 1. The number of aromatic nitrogens is 2. The maximum atomic E-state index is 11.2. The molecule has 9 heteroatoms. The highest BCUT2D eigenvalue weighted by Gasteiger charge is 2.33. The predicted octanol–water partition coefficient (Wildman–Crippen LogP) is 3.85.